The van der Waals surface area contributed by atoms with Crippen LogP contribution < -0.4 is 5.32 Å². The van der Waals surface area contributed by atoms with Crippen LogP contribution in [0.1, 0.15) is 11.6 Å². The molecular formula is C13H10Br2N2O2. The molecule has 1 heterocycles. The third-order valence-corrected chi connectivity index (χ3v) is 3.61. The number of benzene rings is 1. The second kappa shape index (κ2) is 6.16. The van der Waals surface area contributed by atoms with Crippen LogP contribution in [0.5, 0.6) is 0 Å². The van der Waals surface area contributed by atoms with Crippen LogP contribution in [-0.2, 0) is 4.79 Å². The van der Waals surface area contributed by atoms with Gasteiger partial charge < -0.3 is 10.4 Å². The van der Waals surface area contributed by atoms with Gasteiger partial charge in [0.1, 0.15) is 0 Å². The molecule has 4 nitrogen and oxygen atoms in total. The molecule has 2 rings (SSSR count). The summed E-state index contributed by atoms with van der Waals surface area (Å²) in [4.78, 5) is 15.4. The zero-order valence-electron chi connectivity index (χ0n) is 9.68. The van der Waals surface area contributed by atoms with E-state index in [0.717, 1.165) is 14.6 Å². The zero-order valence-corrected chi connectivity index (χ0v) is 12.8. The van der Waals surface area contributed by atoms with E-state index in [-0.39, 0.29) is 0 Å². The highest BCUT2D eigenvalue weighted by Crippen LogP contribution is 2.27. The minimum absolute atomic E-state index is 0.581. The summed E-state index contributed by atoms with van der Waals surface area (Å²) < 4.78 is 1.55. The normalized spacial score (nSPS) is 11.9. The van der Waals surface area contributed by atoms with Crippen LogP contribution in [0.2, 0.25) is 0 Å². The van der Waals surface area contributed by atoms with Gasteiger partial charge in [0.15, 0.2) is 6.04 Å². The molecule has 0 bridgehead atoms. The molecule has 19 heavy (non-hydrogen) atoms. The standard InChI is InChI=1S/C13H10Br2N2O2/c14-9-5-8(6-16-7-9)12(13(18)19)17-11-4-2-1-3-10(11)15/h1-7,12,17H,(H,18,19). The number of rotatable bonds is 4. The predicted molar refractivity (Wildman–Crippen MR) is 80.1 cm³/mol. The molecule has 0 aliphatic rings. The molecule has 0 aliphatic heterocycles. The van der Waals surface area contributed by atoms with Gasteiger partial charge in [0.2, 0.25) is 0 Å². The van der Waals surface area contributed by atoms with Gasteiger partial charge in [-0.2, -0.15) is 0 Å². The zero-order chi connectivity index (χ0) is 13.8. The second-order valence-electron chi connectivity index (χ2n) is 3.83. The number of pyridine rings is 1. The van der Waals surface area contributed by atoms with E-state index in [4.69, 9.17) is 0 Å². The third kappa shape index (κ3) is 3.54. The number of para-hydroxylation sites is 1. The summed E-state index contributed by atoms with van der Waals surface area (Å²) in [6, 6.07) is 8.24. The van der Waals surface area contributed by atoms with Crippen molar-refractivity contribution in [2.45, 2.75) is 6.04 Å². The first-order valence-corrected chi connectivity index (χ1v) is 7.01. The number of nitrogens with one attached hydrogen (secondary N) is 1. The van der Waals surface area contributed by atoms with Gasteiger partial charge in [0.25, 0.3) is 0 Å². The van der Waals surface area contributed by atoms with Crippen molar-refractivity contribution >= 4 is 43.5 Å². The second-order valence-corrected chi connectivity index (χ2v) is 5.60. The van der Waals surface area contributed by atoms with Crippen LogP contribution in [0.4, 0.5) is 5.69 Å². The first-order chi connectivity index (χ1) is 9.08. The highest BCUT2D eigenvalue weighted by Gasteiger charge is 2.20. The first kappa shape index (κ1) is 14.0. The molecule has 0 saturated heterocycles. The van der Waals surface area contributed by atoms with Crippen molar-refractivity contribution in [3.8, 4) is 0 Å². The van der Waals surface area contributed by atoms with Gasteiger partial charge in [-0.15, -0.1) is 0 Å². The van der Waals surface area contributed by atoms with Crippen molar-refractivity contribution in [3.05, 3.63) is 57.2 Å². The van der Waals surface area contributed by atoms with Gasteiger partial charge in [-0.25, -0.2) is 4.79 Å². The summed E-state index contributed by atoms with van der Waals surface area (Å²) in [6.07, 6.45) is 3.15. The Labute approximate surface area is 127 Å². The number of carboxylic acids is 1. The molecule has 1 aromatic heterocycles. The Balaban J connectivity index is 2.32. The Morgan fingerprint density at radius 2 is 2.00 bits per heavy atom. The average Bonchev–Trinajstić information content (AvgIpc) is 2.37. The maximum atomic E-state index is 11.4. The lowest BCUT2D eigenvalue weighted by Gasteiger charge is -2.17. The van der Waals surface area contributed by atoms with E-state index >= 15 is 0 Å². The largest absolute Gasteiger partial charge is 0.479 e. The van der Waals surface area contributed by atoms with E-state index in [9.17, 15) is 9.90 Å². The summed E-state index contributed by atoms with van der Waals surface area (Å²) >= 11 is 6.67. The highest BCUT2D eigenvalue weighted by molar-refractivity contribution is 9.10. The number of carbonyl (C=O) groups is 1. The fourth-order valence-corrected chi connectivity index (χ4v) is 2.39. The Hall–Kier alpha value is -1.40. The van der Waals surface area contributed by atoms with E-state index < -0.39 is 12.0 Å². The Morgan fingerprint density at radius 1 is 1.26 bits per heavy atom. The lowest BCUT2D eigenvalue weighted by Crippen LogP contribution is -2.20. The fourth-order valence-electron chi connectivity index (χ4n) is 1.61. The Bertz CT molecular complexity index is 605. The van der Waals surface area contributed by atoms with Crippen LogP contribution in [0.15, 0.2) is 51.7 Å². The molecule has 0 aliphatic carbocycles. The van der Waals surface area contributed by atoms with E-state index in [1.807, 2.05) is 24.3 Å². The maximum Gasteiger partial charge on any atom is 0.330 e. The molecule has 1 atom stereocenters. The first-order valence-electron chi connectivity index (χ1n) is 5.42. The number of aliphatic carboxylic acids is 1. The molecule has 0 amide bonds. The number of nitrogens with zero attached hydrogens (tertiary/aromatic N) is 1. The SMILES string of the molecule is O=C(O)C(Nc1ccccc1Br)c1cncc(Br)c1. The molecule has 0 spiro atoms. The van der Waals surface area contributed by atoms with Gasteiger partial charge in [-0.3, -0.25) is 4.98 Å². The quantitative estimate of drug-likeness (QED) is 0.839. The van der Waals surface area contributed by atoms with E-state index in [2.05, 4.69) is 42.2 Å². The summed E-state index contributed by atoms with van der Waals surface area (Å²) in [7, 11) is 0. The van der Waals surface area contributed by atoms with E-state index in [1.165, 1.54) is 6.20 Å². The summed E-state index contributed by atoms with van der Waals surface area (Å²) in [5.74, 6) is -0.962. The summed E-state index contributed by atoms with van der Waals surface area (Å²) in [6.45, 7) is 0. The summed E-state index contributed by atoms with van der Waals surface area (Å²) in [5.41, 5.74) is 1.30. The van der Waals surface area contributed by atoms with Gasteiger partial charge in [-0.05, 0) is 50.1 Å². The van der Waals surface area contributed by atoms with Gasteiger partial charge in [0.05, 0.1) is 0 Å². The van der Waals surface area contributed by atoms with Crippen LogP contribution in [-0.4, -0.2) is 16.1 Å². The van der Waals surface area contributed by atoms with Crippen molar-refractivity contribution in [1.29, 1.82) is 0 Å². The minimum Gasteiger partial charge on any atom is -0.479 e. The van der Waals surface area contributed by atoms with Crippen LogP contribution in [0, 0.1) is 0 Å². The van der Waals surface area contributed by atoms with Gasteiger partial charge in [-0.1, -0.05) is 12.1 Å². The molecule has 0 fully saturated rings. The molecule has 6 heteroatoms. The van der Waals surface area contributed by atoms with Crippen LogP contribution >= 0.6 is 31.9 Å². The van der Waals surface area contributed by atoms with Crippen molar-refractivity contribution in [3.63, 3.8) is 0 Å². The Morgan fingerprint density at radius 3 is 2.63 bits per heavy atom. The number of carboxylic acid groups (broad SMARTS) is 1. The van der Waals surface area contributed by atoms with Crippen molar-refractivity contribution in [1.82, 2.24) is 4.98 Å². The number of hydrogen-bond donors (Lipinski definition) is 2. The molecule has 0 radical (unpaired) electrons. The molecular weight excluding hydrogens is 376 g/mol. The molecule has 1 unspecified atom stereocenters. The smallest absolute Gasteiger partial charge is 0.330 e. The highest BCUT2D eigenvalue weighted by atomic mass is 79.9. The van der Waals surface area contributed by atoms with Crippen molar-refractivity contribution < 1.29 is 9.90 Å². The minimum atomic E-state index is -0.962. The lowest BCUT2D eigenvalue weighted by molar-refractivity contribution is -0.138. The van der Waals surface area contributed by atoms with Gasteiger partial charge >= 0.3 is 5.97 Å². The van der Waals surface area contributed by atoms with Crippen molar-refractivity contribution in [2.24, 2.45) is 0 Å². The molecule has 1 aromatic carbocycles. The van der Waals surface area contributed by atoms with Crippen molar-refractivity contribution in [2.75, 3.05) is 5.32 Å². The Kier molecular flexibility index (Phi) is 4.55. The molecule has 0 saturated carbocycles. The molecule has 2 N–H and O–H groups in total. The predicted octanol–water partition coefficient (Wildman–Crippen LogP) is 3.84. The van der Waals surface area contributed by atoms with E-state index in [0.29, 0.717) is 5.56 Å². The van der Waals surface area contributed by atoms with Crippen LogP contribution in [0.3, 0.4) is 0 Å². The topological polar surface area (TPSA) is 62.2 Å². The maximum absolute atomic E-state index is 11.4. The number of hydrogen-bond acceptors (Lipinski definition) is 3. The molecule has 98 valence electrons. The summed E-state index contributed by atoms with van der Waals surface area (Å²) in [5, 5.41) is 12.3. The lowest BCUT2D eigenvalue weighted by atomic mass is 10.1. The molecule has 2 aromatic rings. The third-order valence-electron chi connectivity index (χ3n) is 2.48. The number of halogens is 2. The monoisotopic (exact) mass is 384 g/mol. The van der Waals surface area contributed by atoms with E-state index in [1.54, 1.807) is 12.3 Å². The number of anilines is 1. The fraction of sp³-hybridized carbons (Fsp3) is 0.0769. The average molecular weight is 386 g/mol. The van der Waals surface area contributed by atoms with Crippen LogP contribution in [0.25, 0.3) is 0 Å². The van der Waals surface area contributed by atoms with Gasteiger partial charge in [0, 0.05) is 32.6 Å². The number of aromatic nitrogens is 1.